The van der Waals surface area contributed by atoms with E-state index >= 15 is 0 Å². The number of ether oxygens (including phenoxy) is 1. The maximum absolute atomic E-state index is 9.92. The highest BCUT2D eigenvalue weighted by molar-refractivity contribution is 9.09. The summed E-state index contributed by atoms with van der Waals surface area (Å²) in [7, 11) is 1.90. The first-order chi connectivity index (χ1) is 7.72. The van der Waals surface area contributed by atoms with Gasteiger partial charge in [-0.25, -0.2) is 0 Å². The molecular weight excluding hydrogens is 272 g/mol. The summed E-state index contributed by atoms with van der Waals surface area (Å²) in [6.45, 7) is 1.59. The molecule has 1 aliphatic heterocycles. The molecule has 1 saturated heterocycles. The normalized spacial score (nSPS) is 19.9. The second-order valence-corrected chi connectivity index (χ2v) is 4.85. The van der Waals surface area contributed by atoms with Crippen molar-refractivity contribution in [2.45, 2.75) is 24.9 Å². The van der Waals surface area contributed by atoms with Crippen LogP contribution in [0, 0.1) is 0 Å². The Morgan fingerprint density at radius 2 is 2.31 bits per heavy atom. The van der Waals surface area contributed by atoms with Gasteiger partial charge in [0.1, 0.15) is 0 Å². The monoisotopic (exact) mass is 288 g/mol. The number of hydrogen-bond donors (Lipinski definition) is 1. The van der Waals surface area contributed by atoms with Crippen LogP contribution in [0.15, 0.2) is 6.20 Å². The van der Waals surface area contributed by atoms with Gasteiger partial charge in [-0.05, 0) is 12.8 Å². The molecule has 0 amide bonds. The summed E-state index contributed by atoms with van der Waals surface area (Å²) in [5.74, 6) is 0.429. The van der Waals surface area contributed by atoms with Crippen LogP contribution in [-0.2, 0) is 11.8 Å². The lowest BCUT2D eigenvalue weighted by atomic mass is 9.93. The van der Waals surface area contributed by atoms with Crippen LogP contribution < -0.4 is 0 Å². The standard InChI is InChI=1S/C11H17BrN2O2/c1-14-7-9(10(15)6-12)11(13-14)8-2-4-16-5-3-8/h7-8,10,15H,2-6H2,1H3. The Kier molecular flexibility index (Phi) is 4.00. The van der Waals surface area contributed by atoms with E-state index in [1.54, 1.807) is 4.68 Å². The number of aliphatic hydroxyl groups excluding tert-OH is 1. The lowest BCUT2D eigenvalue weighted by molar-refractivity contribution is 0.0835. The molecule has 1 fully saturated rings. The van der Waals surface area contributed by atoms with Crippen molar-refractivity contribution in [1.29, 1.82) is 0 Å². The lowest BCUT2D eigenvalue weighted by Gasteiger charge is -2.22. The quantitative estimate of drug-likeness (QED) is 0.862. The third-order valence-electron chi connectivity index (χ3n) is 3.00. The molecule has 0 aromatic carbocycles. The smallest absolute Gasteiger partial charge is 0.0920 e. The molecule has 1 aliphatic rings. The van der Waals surface area contributed by atoms with Gasteiger partial charge in [0, 0.05) is 43.3 Å². The first kappa shape index (κ1) is 12.1. The van der Waals surface area contributed by atoms with Crippen molar-refractivity contribution < 1.29 is 9.84 Å². The van der Waals surface area contributed by atoms with Gasteiger partial charge < -0.3 is 9.84 Å². The van der Waals surface area contributed by atoms with Crippen molar-refractivity contribution in [2.75, 3.05) is 18.5 Å². The number of hydrogen-bond acceptors (Lipinski definition) is 3. The van der Waals surface area contributed by atoms with Crippen molar-refractivity contribution in [3.8, 4) is 0 Å². The summed E-state index contributed by atoms with van der Waals surface area (Å²) in [5.41, 5.74) is 1.99. The SMILES string of the molecule is Cn1cc(C(O)CBr)c(C2CCOCC2)n1. The minimum absolute atomic E-state index is 0.429. The van der Waals surface area contributed by atoms with Crippen molar-refractivity contribution in [3.63, 3.8) is 0 Å². The number of halogens is 1. The number of alkyl halides is 1. The van der Waals surface area contributed by atoms with Gasteiger partial charge in [-0.1, -0.05) is 15.9 Å². The summed E-state index contributed by atoms with van der Waals surface area (Å²) < 4.78 is 7.13. The molecule has 2 rings (SSSR count). The molecule has 0 bridgehead atoms. The molecule has 0 saturated carbocycles. The van der Waals surface area contributed by atoms with Gasteiger partial charge in [-0.2, -0.15) is 5.10 Å². The largest absolute Gasteiger partial charge is 0.387 e. The molecule has 1 atom stereocenters. The van der Waals surface area contributed by atoms with Crippen LogP contribution in [-0.4, -0.2) is 33.4 Å². The highest BCUT2D eigenvalue weighted by atomic mass is 79.9. The lowest BCUT2D eigenvalue weighted by Crippen LogP contribution is -2.16. The molecular formula is C11H17BrN2O2. The Hall–Kier alpha value is -0.390. The minimum Gasteiger partial charge on any atom is -0.387 e. The third-order valence-corrected chi connectivity index (χ3v) is 3.61. The fourth-order valence-electron chi connectivity index (χ4n) is 2.15. The van der Waals surface area contributed by atoms with Gasteiger partial charge in [0.2, 0.25) is 0 Å². The average Bonchev–Trinajstić information content (AvgIpc) is 2.71. The molecule has 0 spiro atoms. The molecule has 5 heteroatoms. The van der Waals surface area contributed by atoms with Gasteiger partial charge >= 0.3 is 0 Å². The molecule has 90 valence electrons. The van der Waals surface area contributed by atoms with Crippen LogP contribution in [0.4, 0.5) is 0 Å². The predicted octanol–water partition coefficient (Wildman–Crippen LogP) is 1.74. The predicted molar refractivity (Wildman–Crippen MR) is 64.8 cm³/mol. The van der Waals surface area contributed by atoms with E-state index in [4.69, 9.17) is 4.74 Å². The van der Waals surface area contributed by atoms with Crippen molar-refractivity contribution >= 4 is 15.9 Å². The molecule has 4 nitrogen and oxygen atoms in total. The minimum atomic E-state index is -0.466. The van der Waals surface area contributed by atoms with E-state index in [-0.39, 0.29) is 0 Å². The first-order valence-electron chi connectivity index (χ1n) is 5.57. The molecule has 16 heavy (non-hydrogen) atoms. The van der Waals surface area contributed by atoms with E-state index in [1.165, 1.54) is 0 Å². The van der Waals surface area contributed by atoms with E-state index in [0.29, 0.717) is 11.2 Å². The van der Waals surface area contributed by atoms with Gasteiger partial charge in [0.05, 0.1) is 11.8 Å². The fourth-order valence-corrected chi connectivity index (χ4v) is 2.50. The van der Waals surface area contributed by atoms with Gasteiger partial charge in [0.25, 0.3) is 0 Å². The zero-order valence-electron chi connectivity index (χ0n) is 9.40. The Morgan fingerprint density at radius 3 is 2.94 bits per heavy atom. The van der Waals surface area contributed by atoms with Crippen LogP contribution in [0.25, 0.3) is 0 Å². The number of aliphatic hydroxyl groups is 1. The molecule has 1 aromatic rings. The van der Waals surface area contributed by atoms with Crippen molar-refractivity contribution in [2.24, 2.45) is 7.05 Å². The first-order valence-corrected chi connectivity index (χ1v) is 6.69. The van der Waals surface area contributed by atoms with Gasteiger partial charge in [-0.15, -0.1) is 0 Å². The second-order valence-electron chi connectivity index (χ2n) is 4.20. The summed E-state index contributed by atoms with van der Waals surface area (Å²) in [6, 6.07) is 0. The molecule has 1 aromatic heterocycles. The third kappa shape index (κ3) is 2.47. The van der Waals surface area contributed by atoms with E-state index in [0.717, 1.165) is 37.3 Å². The van der Waals surface area contributed by atoms with Crippen LogP contribution >= 0.6 is 15.9 Å². The van der Waals surface area contributed by atoms with E-state index in [1.807, 2.05) is 13.2 Å². The topological polar surface area (TPSA) is 47.3 Å². The van der Waals surface area contributed by atoms with Gasteiger partial charge in [-0.3, -0.25) is 4.68 Å². The average molecular weight is 289 g/mol. The maximum atomic E-state index is 9.92. The Bertz CT molecular complexity index is 348. The number of aryl methyl sites for hydroxylation is 1. The molecule has 1 N–H and O–H groups in total. The zero-order chi connectivity index (χ0) is 11.5. The number of rotatable bonds is 3. The Balaban J connectivity index is 2.24. The molecule has 2 heterocycles. The molecule has 0 aliphatic carbocycles. The zero-order valence-corrected chi connectivity index (χ0v) is 11.0. The van der Waals surface area contributed by atoms with Crippen molar-refractivity contribution in [1.82, 2.24) is 9.78 Å². The fraction of sp³-hybridized carbons (Fsp3) is 0.727. The highest BCUT2D eigenvalue weighted by Gasteiger charge is 2.24. The summed E-state index contributed by atoms with van der Waals surface area (Å²) in [6.07, 6.45) is 3.45. The Labute approximate surface area is 104 Å². The molecule has 0 radical (unpaired) electrons. The van der Waals surface area contributed by atoms with Crippen LogP contribution in [0.3, 0.4) is 0 Å². The maximum Gasteiger partial charge on any atom is 0.0920 e. The van der Waals surface area contributed by atoms with E-state index < -0.39 is 6.10 Å². The number of aromatic nitrogens is 2. The summed E-state index contributed by atoms with van der Waals surface area (Å²) in [4.78, 5) is 0. The van der Waals surface area contributed by atoms with Crippen molar-refractivity contribution in [3.05, 3.63) is 17.5 Å². The second kappa shape index (κ2) is 5.29. The van der Waals surface area contributed by atoms with Gasteiger partial charge in [0.15, 0.2) is 0 Å². The van der Waals surface area contributed by atoms with Crippen LogP contribution in [0.2, 0.25) is 0 Å². The van der Waals surface area contributed by atoms with Crippen LogP contribution in [0.1, 0.15) is 36.1 Å². The van der Waals surface area contributed by atoms with E-state index in [2.05, 4.69) is 21.0 Å². The molecule has 1 unspecified atom stereocenters. The highest BCUT2D eigenvalue weighted by Crippen LogP contribution is 2.31. The summed E-state index contributed by atoms with van der Waals surface area (Å²) in [5, 5.41) is 15.0. The Morgan fingerprint density at radius 1 is 1.62 bits per heavy atom. The van der Waals surface area contributed by atoms with Crippen LogP contribution in [0.5, 0.6) is 0 Å². The summed E-state index contributed by atoms with van der Waals surface area (Å²) >= 11 is 3.31. The number of nitrogens with zero attached hydrogens (tertiary/aromatic N) is 2. The van der Waals surface area contributed by atoms with E-state index in [9.17, 15) is 5.11 Å².